The minimum atomic E-state index is -0.194. The van der Waals surface area contributed by atoms with E-state index in [9.17, 15) is 5.26 Å². The van der Waals surface area contributed by atoms with Crippen molar-refractivity contribution in [2.45, 2.75) is 59.8 Å². The Kier molecular flexibility index (Phi) is 3.10. The molecule has 2 aliphatic carbocycles. The van der Waals surface area contributed by atoms with Crippen LogP contribution in [-0.2, 0) is 0 Å². The van der Waals surface area contributed by atoms with Crippen LogP contribution in [0.25, 0.3) is 0 Å². The molecule has 1 fully saturated rings. The summed E-state index contributed by atoms with van der Waals surface area (Å²) in [7, 11) is 0. The Labute approximate surface area is 106 Å². The first-order valence-corrected chi connectivity index (χ1v) is 7.08. The lowest BCUT2D eigenvalue weighted by atomic mass is 9.56. The van der Waals surface area contributed by atoms with Gasteiger partial charge in [0.1, 0.15) is 0 Å². The van der Waals surface area contributed by atoms with Crippen LogP contribution >= 0.6 is 0 Å². The molecule has 0 unspecified atom stereocenters. The first-order chi connectivity index (χ1) is 7.93. The van der Waals surface area contributed by atoms with Crippen molar-refractivity contribution in [2.75, 3.05) is 0 Å². The molecule has 0 heterocycles. The van der Waals surface area contributed by atoms with Gasteiger partial charge in [0.05, 0.1) is 11.5 Å². The van der Waals surface area contributed by atoms with E-state index in [0.717, 1.165) is 6.42 Å². The number of hydrogen-bond acceptors (Lipinski definition) is 1. The van der Waals surface area contributed by atoms with Crippen LogP contribution in [0.4, 0.5) is 0 Å². The first-order valence-electron chi connectivity index (χ1n) is 7.08. The molecule has 0 radical (unpaired) electrons. The molecule has 0 aliphatic heterocycles. The zero-order valence-electron chi connectivity index (χ0n) is 11.7. The third-order valence-corrected chi connectivity index (χ3v) is 5.34. The molecule has 0 saturated heterocycles. The molecule has 0 bridgehead atoms. The average molecular weight is 231 g/mol. The van der Waals surface area contributed by atoms with E-state index in [1.54, 1.807) is 5.57 Å². The van der Waals surface area contributed by atoms with Gasteiger partial charge in [-0.2, -0.15) is 5.26 Å². The van der Waals surface area contributed by atoms with Crippen LogP contribution in [-0.4, -0.2) is 0 Å². The van der Waals surface area contributed by atoms with E-state index in [4.69, 9.17) is 0 Å². The second kappa shape index (κ2) is 4.16. The van der Waals surface area contributed by atoms with Gasteiger partial charge in [0.2, 0.25) is 0 Å². The van der Waals surface area contributed by atoms with Gasteiger partial charge in [0.15, 0.2) is 0 Å². The molecule has 2 rings (SSSR count). The second-order valence-corrected chi connectivity index (χ2v) is 6.76. The van der Waals surface area contributed by atoms with E-state index in [1.165, 1.54) is 25.7 Å². The van der Waals surface area contributed by atoms with Crippen LogP contribution in [0.5, 0.6) is 0 Å². The summed E-state index contributed by atoms with van der Waals surface area (Å²) in [6, 6.07) is 2.61. The quantitative estimate of drug-likeness (QED) is 0.600. The topological polar surface area (TPSA) is 23.8 Å². The number of allylic oxidation sites excluding steroid dienone is 2. The lowest BCUT2D eigenvalue weighted by Crippen LogP contribution is -2.38. The number of rotatable bonds is 1. The van der Waals surface area contributed by atoms with Crippen LogP contribution < -0.4 is 0 Å². The Morgan fingerprint density at radius 3 is 2.65 bits per heavy atom. The summed E-state index contributed by atoms with van der Waals surface area (Å²) in [6.07, 6.45) is 8.60. The second-order valence-electron chi connectivity index (χ2n) is 6.76. The number of fused-ring (bicyclic) bond motifs is 1. The average Bonchev–Trinajstić information content (AvgIpc) is 2.29. The summed E-state index contributed by atoms with van der Waals surface area (Å²) in [5.74, 6) is 1.11. The Balaban J connectivity index is 2.43. The predicted molar refractivity (Wildman–Crippen MR) is 71.3 cm³/mol. The third kappa shape index (κ3) is 1.92. The molecule has 0 aromatic carbocycles. The summed E-state index contributed by atoms with van der Waals surface area (Å²) < 4.78 is 0. The van der Waals surface area contributed by atoms with Gasteiger partial charge < -0.3 is 0 Å². The fourth-order valence-corrected chi connectivity index (χ4v) is 3.78. The van der Waals surface area contributed by atoms with Crippen LogP contribution in [0.1, 0.15) is 59.8 Å². The van der Waals surface area contributed by atoms with Crippen molar-refractivity contribution in [1.82, 2.24) is 0 Å². The minimum Gasteiger partial charge on any atom is -0.197 e. The van der Waals surface area contributed by atoms with Crippen molar-refractivity contribution in [3.8, 4) is 6.07 Å². The maximum atomic E-state index is 9.58. The molecular weight excluding hydrogens is 206 g/mol. The molecule has 2 aliphatic rings. The number of nitriles is 1. The zero-order valence-corrected chi connectivity index (χ0v) is 11.7. The monoisotopic (exact) mass is 231 g/mol. The normalized spacial score (nSPS) is 41.6. The molecule has 17 heavy (non-hydrogen) atoms. The third-order valence-electron chi connectivity index (χ3n) is 5.34. The Bertz CT molecular complexity index is 373. The molecule has 0 aromatic heterocycles. The molecule has 0 N–H and O–H groups in total. The maximum absolute atomic E-state index is 9.58. The van der Waals surface area contributed by atoms with Crippen LogP contribution in [0.3, 0.4) is 0 Å². The zero-order chi connectivity index (χ0) is 12.7. The van der Waals surface area contributed by atoms with Gasteiger partial charge >= 0.3 is 0 Å². The van der Waals surface area contributed by atoms with Gasteiger partial charge in [-0.1, -0.05) is 45.8 Å². The molecule has 3 atom stereocenters. The van der Waals surface area contributed by atoms with Gasteiger partial charge in [-0.3, -0.25) is 0 Å². The van der Waals surface area contributed by atoms with Gasteiger partial charge in [0, 0.05) is 0 Å². The number of nitrogens with zero attached hydrogens (tertiary/aromatic N) is 1. The molecule has 1 heteroatoms. The predicted octanol–water partition coefficient (Wildman–Crippen LogP) is 4.70. The smallest absolute Gasteiger partial charge is 0.0779 e. The molecule has 1 saturated carbocycles. The number of hydrogen-bond donors (Lipinski definition) is 0. The lowest BCUT2D eigenvalue weighted by molar-refractivity contribution is 0.172. The van der Waals surface area contributed by atoms with Crippen molar-refractivity contribution < 1.29 is 0 Å². The van der Waals surface area contributed by atoms with E-state index in [1.807, 2.05) is 0 Å². The van der Waals surface area contributed by atoms with Crippen molar-refractivity contribution in [2.24, 2.45) is 22.7 Å². The van der Waals surface area contributed by atoms with E-state index in [0.29, 0.717) is 17.3 Å². The lowest BCUT2D eigenvalue weighted by Gasteiger charge is -2.47. The van der Waals surface area contributed by atoms with E-state index in [2.05, 4.69) is 39.8 Å². The highest BCUT2D eigenvalue weighted by Crippen LogP contribution is 2.54. The summed E-state index contributed by atoms with van der Waals surface area (Å²) >= 11 is 0. The minimum absolute atomic E-state index is 0.194. The van der Waals surface area contributed by atoms with Gasteiger partial charge in [0.25, 0.3) is 0 Å². The SMILES string of the molecule is CC(C)[C@]1(C#N)C=C2[C@@H](C)CCC[C@@]2(C)CC1. The highest BCUT2D eigenvalue weighted by atomic mass is 14.5. The Hall–Kier alpha value is -0.770. The van der Waals surface area contributed by atoms with Gasteiger partial charge in [-0.25, -0.2) is 0 Å². The van der Waals surface area contributed by atoms with Crippen molar-refractivity contribution in [3.05, 3.63) is 11.6 Å². The van der Waals surface area contributed by atoms with Crippen molar-refractivity contribution >= 4 is 0 Å². The molecule has 94 valence electrons. The van der Waals surface area contributed by atoms with Crippen molar-refractivity contribution in [3.63, 3.8) is 0 Å². The summed E-state index contributed by atoms with van der Waals surface area (Å²) in [4.78, 5) is 0. The fourth-order valence-electron chi connectivity index (χ4n) is 3.78. The maximum Gasteiger partial charge on any atom is 0.0779 e. The highest BCUT2D eigenvalue weighted by molar-refractivity contribution is 5.30. The Morgan fingerprint density at radius 2 is 2.06 bits per heavy atom. The molecule has 1 nitrogen and oxygen atoms in total. The van der Waals surface area contributed by atoms with E-state index in [-0.39, 0.29) is 5.41 Å². The molecule has 0 amide bonds. The summed E-state index contributed by atoms with van der Waals surface area (Å²) in [6.45, 7) is 9.14. The Morgan fingerprint density at radius 1 is 1.35 bits per heavy atom. The van der Waals surface area contributed by atoms with Crippen molar-refractivity contribution in [1.29, 1.82) is 5.26 Å². The molecule has 0 aromatic rings. The molecule has 0 spiro atoms. The first kappa shape index (κ1) is 12.7. The highest BCUT2D eigenvalue weighted by Gasteiger charge is 2.45. The van der Waals surface area contributed by atoms with Gasteiger partial charge in [-0.15, -0.1) is 0 Å². The standard InChI is InChI=1S/C16H25N/c1-12(2)16(11-17)9-8-15(4)7-5-6-13(3)14(15)10-16/h10,12-13H,5-9H2,1-4H3/t13-,15-,16-/m0/s1. The van der Waals surface area contributed by atoms with E-state index >= 15 is 0 Å². The largest absolute Gasteiger partial charge is 0.197 e. The van der Waals surface area contributed by atoms with E-state index < -0.39 is 0 Å². The van der Waals surface area contributed by atoms with Crippen LogP contribution in [0.15, 0.2) is 11.6 Å². The fraction of sp³-hybridized carbons (Fsp3) is 0.812. The summed E-state index contributed by atoms with van der Waals surface area (Å²) in [5.41, 5.74) is 1.79. The van der Waals surface area contributed by atoms with Gasteiger partial charge in [-0.05, 0) is 42.9 Å². The molecular formula is C16H25N. The summed E-state index contributed by atoms with van der Waals surface area (Å²) in [5, 5.41) is 9.58. The van der Waals surface area contributed by atoms with Crippen LogP contribution in [0.2, 0.25) is 0 Å². The van der Waals surface area contributed by atoms with Crippen LogP contribution in [0, 0.1) is 34.0 Å².